The van der Waals surface area contributed by atoms with Gasteiger partial charge < -0.3 is 43.4 Å². The summed E-state index contributed by atoms with van der Waals surface area (Å²) in [6.45, 7) is 3.79. The molecule has 0 saturated heterocycles. The maximum absolute atomic E-state index is 13.2. The molecule has 0 bridgehead atoms. The van der Waals surface area contributed by atoms with Gasteiger partial charge in [0.15, 0.2) is 5.96 Å². The third kappa shape index (κ3) is 12.7. The van der Waals surface area contributed by atoms with Crippen LogP contribution < -0.4 is 33.2 Å². The van der Waals surface area contributed by atoms with E-state index >= 15 is 0 Å². The van der Waals surface area contributed by atoms with Crippen LogP contribution in [0, 0.1) is 5.92 Å². The largest absolute Gasteiger partial charge is 0.508 e. The summed E-state index contributed by atoms with van der Waals surface area (Å²) in [5.74, 6) is -2.84. The Bertz CT molecular complexity index is 986. The summed E-state index contributed by atoms with van der Waals surface area (Å²) in [5.41, 5.74) is 17.1. The van der Waals surface area contributed by atoms with Gasteiger partial charge >= 0.3 is 5.97 Å². The van der Waals surface area contributed by atoms with E-state index in [0.717, 1.165) is 0 Å². The highest BCUT2D eigenvalue weighted by atomic mass is 32.2. The van der Waals surface area contributed by atoms with Gasteiger partial charge in [-0.2, -0.15) is 11.8 Å². The summed E-state index contributed by atoms with van der Waals surface area (Å²) in [6, 6.07) is 1.82. The minimum atomic E-state index is -1.26. The van der Waals surface area contributed by atoms with E-state index in [2.05, 4.69) is 20.9 Å². The van der Waals surface area contributed by atoms with Gasteiger partial charge in [0.25, 0.3) is 0 Å². The summed E-state index contributed by atoms with van der Waals surface area (Å²) in [6.07, 6.45) is 2.83. The summed E-state index contributed by atoms with van der Waals surface area (Å²) < 4.78 is 0. The number of carboxylic acid groups (broad SMARTS) is 1. The summed E-state index contributed by atoms with van der Waals surface area (Å²) in [7, 11) is 0. The molecule has 13 nitrogen and oxygen atoms in total. The second-order valence-corrected chi connectivity index (χ2v) is 10.4. The number of guanidine groups is 1. The Morgan fingerprint density at radius 3 is 2.10 bits per heavy atom. The zero-order valence-electron chi connectivity index (χ0n) is 22.6. The van der Waals surface area contributed by atoms with Gasteiger partial charge in [-0.05, 0) is 54.9 Å². The fourth-order valence-corrected chi connectivity index (χ4v) is 4.02. The molecule has 4 atom stereocenters. The van der Waals surface area contributed by atoms with Crippen molar-refractivity contribution in [2.24, 2.45) is 28.1 Å². The monoisotopic (exact) mass is 567 g/mol. The van der Waals surface area contributed by atoms with Gasteiger partial charge in [-0.3, -0.25) is 19.4 Å². The van der Waals surface area contributed by atoms with Crippen LogP contribution in [0.3, 0.4) is 0 Å². The average Bonchev–Trinajstić information content (AvgIpc) is 2.87. The number of aromatic hydroxyl groups is 1. The van der Waals surface area contributed by atoms with Gasteiger partial charge in [0.1, 0.15) is 23.9 Å². The van der Waals surface area contributed by atoms with E-state index in [0.29, 0.717) is 30.7 Å². The van der Waals surface area contributed by atoms with Crippen LogP contribution in [0.2, 0.25) is 0 Å². The van der Waals surface area contributed by atoms with Crippen molar-refractivity contribution >= 4 is 41.4 Å². The number of phenolic OH excluding ortho intramolecular Hbond substituents is 1. The van der Waals surface area contributed by atoms with Gasteiger partial charge in [-0.1, -0.05) is 26.0 Å². The molecule has 1 rings (SSSR count). The van der Waals surface area contributed by atoms with Crippen LogP contribution in [-0.2, 0) is 25.6 Å². The van der Waals surface area contributed by atoms with Gasteiger partial charge in [0.05, 0.1) is 6.04 Å². The zero-order valence-corrected chi connectivity index (χ0v) is 23.4. The quantitative estimate of drug-likeness (QED) is 0.0667. The van der Waals surface area contributed by atoms with E-state index in [-0.39, 0.29) is 30.5 Å². The first-order chi connectivity index (χ1) is 18.3. The molecule has 0 spiro atoms. The van der Waals surface area contributed by atoms with Crippen LogP contribution in [0.25, 0.3) is 0 Å². The molecule has 0 radical (unpaired) electrons. The molecule has 0 aliphatic heterocycles. The summed E-state index contributed by atoms with van der Waals surface area (Å²) in [4.78, 5) is 54.6. The van der Waals surface area contributed by atoms with Crippen LogP contribution in [-0.4, -0.2) is 82.6 Å². The number of carbonyl (C=O) groups is 4. The molecule has 4 unspecified atom stereocenters. The highest BCUT2D eigenvalue weighted by molar-refractivity contribution is 7.98. The zero-order chi connectivity index (χ0) is 29.5. The number of benzene rings is 1. The number of rotatable bonds is 17. The predicted octanol–water partition coefficient (Wildman–Crippen LogP) is -0.736. The van der Waals surface area contributed by atoms with E-state index in [9.17, 15) is 29.4 Å². The molecule has 0 fully saturated rings. The molecule has 1 aromatic carbocycles. The number of thioether (sulfide) groups is 1. The van der Waals surface area contributed by atoms with Crippen molar-refractivity contribution in [2.45, 2.75) is 63.7 Å². The number of nitrogens with one attached hydrogen (secondary N) is 3. The first-order valence-corrected chi connectivity index (χ1v) is 14.0. The Labute approximate surface area is 232 Å². The standard InChI is InChI=1S/C25H41N7O6S/c1-14(2)20(32-21(34)17(26)5-4-11-29-25(27)28)23(36)30-18(10-12-39-3)22(35)31-19(24(37)38)13-15-6-8-16(33)9-7-15/h6-9,14,17-20,33H,4-5,10-13,26H2,1-3H3,(H,30,36)(H,31,35)(H,32,34)(H,37,38)(H4,27,28,29). The molecule has 1 aromatic rings. The average molecular weight is 568 g/mol. The van der Waals surface area contributed by atoms with E-state index < -0.39 is 47.9 Å². The van der Waals surface area contributed by atoms with Crippen molar-refractivity contribution in [1.82, 2.24) is 16.0 Å². The fourth-order valence-electron chi connectivity index (χ4n) is 3.55. The van der Waals surface area contributed by atoms with Crippen molar-refractivity contribution in [2.75, 3.05) is 18.6 Å². The number of nitrogens with zero attached hydrogens (tertiary/aromatic N) is 1. The van der Waals surface area contributed by atoms with Crippen LogP contribution in [0.5, 0.6) is 5.75 Å². The molecule has 0 aliphatic rings. The Morgan fingerprint density at radius 2 is 1.56 bits per heavy atom. The molecule has 0 aromatic heterocycles. The van der Waals surface area contributed by atoms with Crippen LogP contribution in [0.15, 0.2) is 29.3 Å². The molecule has 14 heteroatoms. The Kier molecular flexibility index (Phi) is 14.7. The van der Waals surface area contributed by atoms with Gasteiger partial charge in [0.2, 0.25) is 17.7 Å². The van der Waals surface area contributed by atoms with Gasteiger partial charge in [-0.25, -0.2) is 4.79 Å². The number of hydrogen-bond acceptors (Lipinski definition) is 8. The number of carbonyl (C=O) groups excluding carboxylic acids is 3. The van der Waals surface area contributed by atoms with Crippen LogP contribution in [0.4, 0.5) is 0 Å². The fraction of sp³-hybridized carbons (Fsp3) is 0.560. The first kappa shape index (κ1) is 33.5. The lowest BCUT2D eigenvalue weighted by Crippen LogP contribution is -2.58. The molecule has 218 valence electrons. The number of aliphatic carboxylic acids is 1. The molecule has 0 heterocycles. The lowest BCUT2D eigenvalue weighted by Gasteiger charge is -2.27. The SMILES string of the molecule is CSCCC(NC(=O)C(NC(=O)C(N)CCCN=C(N)N)C(C)C)C(=O)NC(Cc1ccc(O)cc1)C(=O)O. The highest BCUT2D eigenvalue weighted by Gasteiger charge is 2.31. The van der Waals surface area contributed by atoms with Crippen molar-refractivity contribution < 1.29 is 29.4 Å². The lowest BCUT2D eigenvalue weighted by molar-refractivity contribution is -0.142. The van der Waals surface area contributed by atoms with Crippen LogP contribution in [0.1, 0.15) is 38.7 Å². The molecule has 11 N–H and O–H groups in total. The smallest absolute Gasteiger partial charge is 0.326 e. The van der Waals surface area contributed by atoms with Crippen molar-refractivity contribution in [3.8, 4) is 5.75 Å². The topological polar surface area (TPSA) is 235 Å². The maximum Gasteiger partial charge on any atom is 0.326 e. The second kappa shape index (κ2) is 17.1. The molecule has 0 aliphatic carbocycles. The minimum Gasteiger partial charge on any atom is -0.508 e. The third-order valence-corrected chi connectivity index (χ3v) is 6.43. The van der Waals surface area contributed by atoms with Crippen molar-refractivity contribution in [3.05, 3.63) is 29.8 Å². The normalized spacial score (nSPS) is 14.0. The molecule has 39 heavy (non-hydrogen) atoms. The van der Waals surface area contributed by atoms with Crippen molar-refractivity contribution in [1.29, 1.82) is 0 Å². The van der Waals surface area contributed by atoms with Gasteiger partial charge in [0, 0.05) is 13.0 Å². The van der Waals surface area contributed by atoms with E-state index in [1.54, 1.807) is 26.0 Å². The predicted molar refractivity (Wildman–Crippen MR) is 151 cm³/mol. The third-order valence-electron chi connectivity index (χ3n) is 5.79. The molecule has 0 saturated carbocycles. The molecular weight excluding hydrogens is 526 g/mol. The number of aliphatic imine (C=N–C) groups is 1. The Hall–Kier alpha value is -3.52. The van der Waals surface area contributed by atoms with E-state index in [1.807, 2.05) is 6.26 Å². The number of hydrogen-bond donors (Lipinski definition) is 8. The Balaban J connectivity index is 2.89. The van der Waals surface area contributed by atoms with Crippen LogP contribution >= 0.6 is 11.8 Å². The number of nitrogens with two attached hydrogens (primary N) is 3. The van der Waals surface area contributed by atoms with E-state index in [1.165, 1.54) is 23.9 Å². The van der Waals surface area contributed by atoms with E-state index in [4.69, 9.17) is 17.2 Å². The second-order valence-electron chi connectivity index (χ2n) is 9.40. The number of amides is 3. The minimum absolute atomic E-state index is 0.0176. The number of carboxylic acids is 1. The molecular formula is C25H41N7O6S. The highest BCUT2D eigenvalue weighted by Crippen LogP contribution is 2.12. The first-order valence-electron chi connectivity index (χ1n) is 12.6. The Morgan fingerprint density at radius 1 is 0.949 bits per heavy atom. The lowest BCUT2D eigenvalue weighted by atomic mass is 10.0. The number of phenols is 1. The summed E-state index contributed by atoms with van der Waals surface area (Å²) in [5, 5.41) is 26.9. The maximum atomic E-state index is 13.2. The summed E-state index contributed by atoms with van der Waals surface area (Å²) >= 11 is 1.46. The molecule has 3 amide bonds. The van der Waals surface area contributed by atoms with Crippen molar-refractivity contribution in [3.63, 3.8) is 0 Å². The van der Waals surface area contributed by atoms with Gasteiger partial charge in [-0.15, -0.1) is 0 Å².